The van der Waals surface area contributed by atoms with E-state index in [0.717, 1.165) is 42.4 Å². The van der Waals surface area contributed by atoms with Gasteiger partial charge in [0.15, 0.2) is 0 Å². The lowest BCUT2D eigenvalue weighted by Crippen LogP contribution is -2.25. The molecule has 0 aliphatic heterocycles. The van der Waals surface area contributed by atoms with Crippen LogP contribution in [-0.4, -0.2) is 40.8 Å². The van der Waals surface area contributed by atoms with Gasteiger partial charge in [0, 0.05) is 23.6 Å². The van der Waals surface area contributed by atoms with Crippen LogP contribution >= 0.6 is 0 Å². The average molecular weight is 470 g/mol. The Morgan fingerprint density at radius 2 is 1.86 bits per heavy atom. The number of anilines is 1. The summed E-state index contributed by atoms with van der Waals surface area (Å²) in [5.41, 5.74) is 2.88. The van der Waals surface area contributed by atoms with Crippen molar-refractivity contribution in [2.75, 3.05) is 19.0 Å². The predicted molar refractivity (Wildman–Crippen MR) is 135 cm³/mol. The summed E-state index contributed by atoms with van der Waals surface area (Å²) >= 11 is 0. The molecule has 1 aliphatic carbocycles. The van der Waals surface area contributed by atoms with Gasteiger partial charge in [-0.1, -0.05) is 36.4 Å². The maximum absolute atomic E-state index is 11.6. The van der Waals surface area contributed by atoms with Crippen LogP contribution in [0.1, 0.15) is 35.2 Å². The molecule has 1 aromatic heterocycles. The SMILES string of the molecule is COc1ccc(CCNc2cc(-c3ccc(C(=O)O)c(OC4CCC4)c3)ncn2)c2ccccc12. The monoisotopic (exact) mass is 469 g/mol. The summed E-state index contributed by atoms with van der Waals surface area (Å²) in [4.78, 5) is 20.4. The van der Waals surface area contributed by atoms with Gasteiger partial charge < -0.3 is 19.9 Å². The number of hydrogen-bond donors (Lipinski definition) is 2. The standard InChI is InChI=1S/C28H27N3O4/c1-34-25-12-10-18(21-7-2-3-8-22(21)25)13-14-29-27-16-24(30-17-31-27)19-9-11-23(28(32)33)26(15-19)35-20-5-4-6-20/h2-3,7-12,15-17,20H,4-6,13-14H2,1H3,(H,32,33)(H,29,30,31). The molecule has 7 heteroatoms. The Balaban J connectivity index is 1.31. The summed E-state index contributed by atoms with van der Waals surface area (Å²) in [6, 6.07) is 19.3. The van der Waals surface area contributed by atoms with Crippen molar-refractivity contribution in [1.82, 2.24) is 9.97 Å². The number of carboxylic acid groups (broad SMARTS) is 1. The quantitative estimate of drug-likeness (QED) is 0.330. The van der Waals surface area contributed by atoms with Crippen molar-refractivity contribution in [1.29, 1.82) is 0 Å². The highest BCUT2D eigenvalue weighted by atomic mass is 16.5. The molecule has 0 radical (unpaired) electrons. The molecule has 3 aromatic carbocycles. The highest BCUT2D eigenvalue weighted by Crippen LogP contribution is 2.32. The van der Waals surface area contributed by atoms with Crippen molar-refractivity contribution in [3.63, 3.8) is 0 Å². The van der Waals surface area contributed by atoms with E-state index in [9.17, 15) is 9.90 Å². The van der Waals surface area contributed by atoms with Crippen LogP contribution in [-0.2, 0) is 6.42 Å². The van der Waals surface area contributed by atoms with E-state index >= 15 is 0 Å². The molecule has 0 spiro atoms. The van der Waals surface area contributed by atoms with E-state index < -0.39 is 5.97 Å². The number of rotatable bonds is 9. The first-order valence-corrected chi connectivity index (χ1v) is 11.8. The molecular weight excluding hydrogens is 442 g/mol. The van der Waals surface area contributed by atoms with Crippen LogP contribution in [0.2, 0.25) is 0 Å². The summed E-state index contributed by atoms with van der Waals surface area (Å²) in [6.45, 7) is 0.695. The topological polar surface area (TPSA) is 93.6 Å². The molecule has 1 fully saturated rings. The number of nitrogens with zero attached hydrogens (tertiary/aromatic N) is 2. The van der Waals surface area contributed by atoms with E-state index in [-0.39, 0.29) is 11.7 Å². The minimum absolute atomic E-state index is 0.0833. The van der Waals surface area contributed by atoms with Gasteiger partial charge in [-0.2, -0.15) is 0 Å². The number of benzene rings is 3. The van der Waals surface area contributed by atoms with E-state index in [4.69, 9.17) is 9.47 Å². The second-order valence-corrected chi connectivity index (χ2v) is 8.62. The lowest BCUT2D eigenvalue weighted by molar-refractivity contribution is 0.0680. The Hall–Kier alpha value is -4.13. The second kappa shape index (κ2) is 10.0. The largest absolute Gasteiger partial charge is 0.496 e. The summed E-state index contributed by atoms with van der Waals surface area (Å²) in [5, 5.41) is 15.2. The molecule has 1 aliphatic rings. The van der Waals surface area contributed by atoms with E-state index in [1.807, 2.05) is 24.3 Å². The van der Waals surface area contributed by atoms with Crippen molar-refractivity contribution in [3.05, 3.63) is 78.1 Å². The molecule has 35 heavy (non-hydrogen) atoms. The van der Waals surface area contributed by atoms with Crippen molar-refractivity contribution in [2.45, 2.75) is 31.8 Å². The first-order valence-electron chi connectivity index (χ1n) is 11.8. The molecule has 7 nitrogen and oxygen atoms in total. The molecule has 5 rings (SSSR count). The normalized spacial score (nSPS) is 13.3. The molecule has 0 bridgehead atoms. The molecule has 0 saturated heterocycles. The molecule has 2 N–H and O–H groups in total. The number of aromatic carboxylic acids is 1. The van der Waals surface area contributed by atoms with E-state index in [0.29, 0.717) is 23.8 Å². The predicted octanol–water partition coefficient (Wildman–Crippen LogP) is 5.59. The Kier molecular flexibility index (Phi) is 6.48. The molecular formula is C28H27N3O4. The number of carboxylic acids is 1. The van der Waals surface area contributed by atoms with Crippen LogP contribution in [0.5, 0.6) is 11.5 Å². The smallest absolute Gasteiger partial charge is 0.339 e. The fraction of sp³-hybridized carbons (Fsp3) is 0.250. The zero-order valence-corrected chi connectivity index (χ0v) is 19.5. The summed E-state index contributed by atoms with van der Waals surface area (Å²) in [7, 11) is 1.69. The Morgan fingerprint density at radius 3 is 2.60 bits per heavy atom. The van der Waals surface area contributed by atoms with Crippen LogP contribution in [0.15, 0.2) is 67.0 Å². The van der Waals surface area contributed by atoms with Crippen molar-refractivity contribution in [2.24, 2.45) is 0 Å². The van der Waals surface area contributed by atoms with Gasteiger partial charge in [-0.3, -0.25) is 0 Å². The minimum Gasteiger partial charge on any atom is -0.496 e. The fourth-order valence-corrected chi connectivity index (χ4v) is 4.29. The van der Waals surface area contributed by atoms with E-state index in [1.54, 1.807) is 25.3 Å². The third-order valence-corrected chi connectivity index (χ3v) is 6.42. The lowest BCUT2D eigenvalue weighted by atomic mass is 9.96. The summed E-state index contributed by atoms with van der Waals surface area (Å²) in [5.74, 6) is 0.963. The highest BCUT2D eigenvalue weighted by Gasteiger charge is 2.22. The maximum Gasteiger partial charge on any atom is 0.339 e. The number of nitrogens with one attached hydrogen (secondary N) is 1. The number of ether oxygens (including phenoxy) is 2. The Labute approximate surface area is 203 Å². The summed E-state index contributed by atoms with van der Waals surface area (Å²) < 4.78 is 11.4. The Morgan fingerprint density at radius 1 is 1.03 bits per heavy atom. The second-order valence-electron chi connectivity index (χ2n) is 8.62. The van der Waals surface area contributed by atoms with Crippen LogP contribution in [0, 0.1) is 0 Å². The van der Waals surface area contributed by atoms with Gasteiger partial charge in [-0.05, 0) is 54.8 Å². The minimum atomic E-state index is -0.998. The van der Waals surface area contributed by atoms with Crippen molar-refractivity contribution in [3.8, 4) is 22.8 Å². The lowest BCUT2D eigenvalue weighted by Gasteiger charge is -2.27. The zero-order chi connectivity index (χ0) is 24.2. The first kappa shape index (κ1) is 22.7. The van der Waals surface area contributed by atoms with Crippen LogP contribution in [0.3, 0.4) is 0 Å². The number of fused-ring (bicyclic) bond motifs is 1. The number of carbonyl (C=O) groups is 1. The van der Waals surface area contributed by atoms with Gasteiger partial charge >= 0.3 is 5.97 Å². The van der Waals surface area contributed by atoms with Gasteiger partial charge in [0.05, 0.1) is 18.9 Å². The molecule has 1 heterocycles. The van der Waals surface area contributed by atoms with Gasteiger partial charge in [0.1, 0.15) is 29.2 Å². The first-order chi connectivity index (χ1) is 17.1. The number of hydrogen-bond acceptors (Lipinski definition) is 6. The van der Waals surface area contributed by atoms with Gasteiger partial charge in [0.2, 0.25) is 0 Å². The Bertz CT molecular complexity index is 1370. The van der Waals surface area contributed by atoms with Crippen LogP contribution < -0.4 is 14.8 Å². The maximum atomic E-state index is 11.6. The molecule has 178 valence electrons. The molecule has 0 amide bonds. The fourth-order valence-electron chi connectivity index (χ4n) is 4.29. The zero-order valence-electron chi connectivity index (χ0n) is 19.5. The molecule has 4 aromatic rings. The van der Waals surface area contributed by atoms with Crippen molar-refractivity contribution < 1.29 is 19.4 Å². The molecule has 0 unspecified atom stereocenters. The van der Waals surface area contributed by atoms with Crippen LogP contribution in [0.25, 0.3) is 22.0 Å². The number of aromatic nitrogens is 2. The van der Waals surface area contributed by atoms with Gasteiger partial charge in [-0.15, -0.1) is 0 Å². The highest BCUT2D eigenvalue weighted by molar-refractivity contribution is 5.92. The van der Waals surface area contributed by atoms with Crippen molar-refractivity contribution >= 4 is 22.6 Å². The average Bonchev–Trinajstić information content (AvgIpc) is 2.86. The molecule has 1 saturated carbocycles. The van der Waals surface area contributed by atoms with E-state index in [1.165, 1.54) is 17.3 Å². The third-order valence-electron chi connectivity index (χ3n) is 6.42. The van der Waals surface area contributed by atoms with Gasteiger partial charge in [0.25, 0.3) is 0 Å². The molecule has 0 atom stereocenters. The van der Waals surface area contributed by atoms with Crippen LogP contribution in [0.4, 0.5) is 5.82 Å². The number of methoxy groups -OCH3 is 1. The van der Waals surface area contributed by atoms with Gasteiger partial charge in [-0.25, -0.2) is 14.8 Å². The summed E-state index contributed by atoms with van der Waals surface area (Å²) in [6.07, 6.45) is 5.43. The third kappa shape index (κ3) is 4.89. The van der Waals surface area contributed by atoms with E-state index in [2.05, 4.69) is 33.5 Å².